The number of ether oxygens (including phenoxy) is 4. The Kier molecular flexibility index (Phi) is 8.98. The summed E-state index contributed by atoms with van der Waals surface area (Å²) in [4.78, 5) is 0. The maximum Gasteiger partial charge on any atom is 0.124 e. The fraction of sp³-hybridized carbons (Fsp3) is 0.600. The SMILES string of the molecule is COCCOCCOCCOc1cc(C)ccc1CN. The van der Waals surface area contributed by atoms with Gasteiger partial charge < -0.3 is 24.7 Å². The third kappa shape index (κ3) is 6.86. The van der Waals surface area contributed by atoms with Crippen LogP contribution >= 0.6 is 0 Å². The van der Waals surface area contributed by atoms with Gasteiger partial charge in [-0.25, -0.2) is 0 Å². The molecule has 0 radical (unpaired) electrons. The molecule has 2 N–H and O–H groups in total. The van der Waals surface area contributed by atoms with Crippen LogP contribution in [-0.4, -0.2) is 46.8 Å². The molecule has 0 spiro atoms. The fourth-order valence-corrected chi connectivity index (χ4v) is 1.64. The molecule has 1 aromatic carbocycles. The Morgan fingerprint density at radius 2 is 1.60 bits per heavy atom. The van der Waals surface area contributed by atoms with Crippen molar-refractivity contribution in [1.82, 2.24) is 0 Å². The molecule has 1 rings (SSSR count). The molecule has 114 valence electrons. The monoisotopic (exact) mass is 283 g/mol. The zero-order valence-electron chi connectivity index (χ0n) is 12.4. The predicted molar refractivity (Wildman–Crippen MR) is 78.1 cm³/mol. The topological polar surface area (TPSA) is 62.9 Å². The highest BCUT2D eigenvalue weighted by molar-refractivity contribution is 5.36. The zero-order chi connectivity index (χ0) is 14.6. The Bertz CT molecular complexity index is 371. The highest BCUT2D eigenvalue weighted by Gasteiger charge is 2.02. The van der Waals surface area contributed by atoms with E-state index in [1.165, 1.54) is 0 Å². The molecule has 0 fully saturated rings. The van der Waals surface area contributed by atoms with Crippen molar-refractivity contribution in [1.29, 1.82) is 0 Å². The van der Waals surface area contributed by atoms with E-state index in [0.717, 1.165) is 16.9 Å². The summed E-state index contributed by atoms with van der Waals surface area (Å²) >= 11 is 0. The molecular formula is C15H25NO4. The molecule has 1 aromatic rings. The van der Waals surface area contributed by atoms with Crippen LogP contribution in [0.3, 0.4) is 0 Å². The highest BCUT2D eigenvalue weighted by Crippen LogP contribution is 2.19. The number of hydrogen-bond donors (Lipinski definition) is 1. The molecule has 5 nitrogen and oxygen atoms in total. The number of benzene rings is 1. The summed E-state index contributed by atoms with van der Waals surface area (Å²) in [5, 5.41) is 0. The first-order valence-corrected chi connectivity index (χ1v) is 6.84. The van der Waals surface area contributed by atoms with E-state index in [1.807, 2.05) is 25.1 Å². The minimum absolute atomic E-state index is 0.476. The molecular weight excluding hydrogens is 258 g/mol. The van der Waals surface area contributed by atoms with Gasteiger partial charge in [0.1, 0.15) is 12.4 Å². The molecule has 0 heterocycles. The smallest absolute Gasteiger partial charge is 0.124 e. The minimum Gasteiger partial charge on any atom is -0.491 e. The first-order valence-electron chi connectivity index (χ1n) is 6.84. The van der Waals surface area contributed by atoms with E-state index in [9.17, 15) is 0 Å². The highest BCUT2D eigenvalue weighted by atomic mass is 16.6. The van der Waals surface area contributed by atoms with E-state index in [4.69, 9.17) is 24.7 Å². The van der Waals surface area contributed by atoms with Gasteiger partial charge in [-0.3, -0.25) is 0 Å². The fourth-order valence-electron chi connectivity index (χ4n) is 1.64. The van der Waals surface area contributed by atoms with Crippen molar-refractivity contribution in [3.8, 4) is 5.75 Å². The third-order valence-corrected chi connectivity index (χ3v) is 2.73. The van der Waals surface area contributed by atoms with E-state index in [1.54, 1.807) is 7.11 Å². The Morgan fingerprint density at radius 1 is 0.950 bits per heavy atom. The lowest BCUT2D eigenvalue weighted by molar-refractivity contribution is 0.0179. The van der Waals surface area contributed by atoms with Crippen molar-refractivity contribution in [2.24, 2.45) is 5.73 Å². The van der Waals surface area contributed by atoms with Gasteiger partial charge in [-0.05, 0) is 18.6 Å². The first kappa shape index (κ1) is 16.9. The van der Waals surface area contributed by atoms with Crippen LogP contribution in [0.5, 0.6) is 5.75 Å². The summed E-state index contributed by atoms with van der Waals surface area (Å²) in [6, 6.07) is 6.02. The second-order valence-electron chi connectivity index (χ2n) is 4.38. The summed E-state index contributed by atoms with van der Waals surface area (Å²) in [6.07, 6.45) is 0. The molecule has 0 aliphatic heterocycles. The Hall–Kier alpha value is -1.14. The standard InChI is InChI=1S/C15H25NO4/c1-13-3-4-14(12-16)15(11-13)20-10-9-19-8-7-18-6-5-17-2/h3-4,11H,5-10,12,16H2,1-2H3. The van der Waals surface area contributed by atoms with Gasteiger partial charge in [0.25, 0.3) is 0 Å². The van der Waals surface area contributed by atoms with Gasteiger partial charge in [0, 0.05) is 19.2 Å². The molecule has 0 saturated carbocycles. The molecule has 0 saturated heterocycles. The van der Waals surface area contributed by atoms with Crippen molar-refractivity contribution >= 4 is 0 Å². The van der Waals surface area contributed by atoms with Crippen LogP contribution in [0, 0.1) is 6.92 Å². The van der Waals surface area contributed by atoms with Crippen molar-refractivity contribution < 1.29 is 18.9 Å². The van der Waals surface area contributed by atoms with E-state index in [2.05, 4.69) is 0 Å². The molecule has 0 unspecified atom stereocenters. The maximum absolute atomic E-state index is 5.69. The summed E-state index contributed by atoms with van der Waals surface area (Å²) in [5.41, 5.74) is 7.84. The van der Waals surface area contributed by atoms with Gasteiger partial charge in [0.15, 0.2) is 0 Å². The summed E-state index contributed by atoms with van der Waals surface area (Å²) in [6.45, 7) is 5.88. The number of hydrogen-bond acceptors (Lipinski definition) is 5. The first-order chi connectivity index (χ1) is 9.77. The summed E-state index contributed by atoms with van der Waals surface area (Å²) < 4.78 is 21.3. The number of aryl methyl sites for hydroxylation is 1. The summed E-state index contributed by atoms with van der Waals surface area (Å²) in [7, 11) is 1.65. The van der Waals surface area contributed by atoms with Crippen LogP contribution in [0.15, 0.2) is 18.2 Å². The minimum atomic E-state index is 0.476. The van der Waals surface area contributed by atoms with Crippen LogP contribution < -0.4 is 10.5 Å². The predicted octanol–water partition coefficient (Wildman–Crippen LogP) is 1.51. The Balaban J connectivity index is 2.10. The van der Waals surface area contributed by atoms with Crippen LogP contribution in [0.4, 0.5) is 0 Å². The average Bonchev–Trinajstić information content (AvgIpc) is 2.46. The second kappa shape index (κ2) is 10.6. The van der Waals surface area contributed by atoms with E-state index in [0.29, 0.717) is 46.2 Å². The molecule has 0 bridgehead atoms. The van der Waals surface area contributed by atoms with E-state index < -0.39 is 0 Å². The van der Waals surface area contributed by atoms with Crippen molar-refractivity contribution in [3.05, 3.63) is 29.3 Å². The normalized spacial score (nSPS) is 10.8. The number of nitrogens with two attached hydrogens (primary N) is 1. The molecule has 5 heteroatoms. The lowest BCUT2D eigenvalue weighted by Gasteiger charge is -2.11. The van der Waals surface area contributed by atoms with Crippen LogP contribution in [0.1, 0.15) is 11.1 Å². The van der Waals surface area contributed by atoms with Crippen molar-refractivity contribution in [3.63, 3.8) is 0 Å². The van der Waals surface area contributed by atoms with Crippen LogP contribution in [0.25, 0.3) is 0 Å². The van der Waals surface area contributed by atoms with Gasteiger partial charge in [-0.2, -0.15) is 0 Å². The Morgan fingerprint density at radius 3 is 2.25 bits per heavy atom. The number of rotatable bonds is 11. The van der Waals surface area contributed by atoms with Gasteiger partial charge in [0.2, 0.25) is 0 Å². The number of methoxy groups -OCH3 is 1. The molecule has 0 aliphatic rings. The maximum atomic E-state index is 5.69. The van der Waals surface area contributed by atoms with E-state index in [-0.39, 0.29) is 0 Å². The largest absolute Gasteiger partial charge is 0.491 e. The summed E-state index contributed by atoms with van der Waals surface area (Å²) in [5.74, 6) is 0.840. The molecule has 0 aliphatic carbocycles. The van der Waals surface area contributed by atoms with Crippen LogP contribution in [-0.2, 0) is 20.8 Å². The van der Waals surface area contributed by atoms with Gasteiger partial charge in [-0.15, -0.1) is 0 Å². The molecule has 0 aromatic heterocycles. The van der Waals surface area contributed by atoms with Gasteiger partial charge >= 0.3 is 0 Å². The van der Waals surface area contributed by atoms with Crippen molar-refractivity contribution in [2.45, 2.75) is 13.5 Å². The van der Waals surface area contributed by atoms with Crippen molar-refractivity contribution in [2.75, 3.05) is 46.8 Å². The quantitative estimate of drug-likeness (QED) is 0.624. The third-order valence-electron chi connectivity index (χ3n) is 2.73. The lowest BCUT2D eigenvalue weighted by atomic mass is 10.1. The molecule has 0 amide bonds. The Labute approximate surface area is 121 Å². The van der Waals surface area contributed by atoms with Gasteiger partial charge in [0.05, 0.1) is 33.0 Å². The molecule has 20 heavy (non-hydrogen) atoms. The lowest BCUT2D eigenvalue weighted by Crippen LogP contribution is -2.13. The van der Waals surface area contributed by atoms with E-state index >= 15 is 0 Å². The average molecular weight is 283 g/mol. The molecule has 0 atom stereocenters. The zero-order valence-corrected chi connectivity index (χ0v) is 12.4. The van der Waals surface area contributed by atoms with Gasteiger partial charge in [-0.1, -0.05) is 12.1 Å². The second-order valence-corrected chi connectivity index (χ2v) is 4.38. The van der Waals surface area contributed by atoms with Crippen LogP contribution in [0.2, 0.25) is 0 Å².